The van der Waals surface area contributed by atoms with Crippen LogP contribution in [0.5, 0.6) is 0 Å². The maximum absolute atomic E-state index is 5.69. The average molecular weight is 277 g/mol. The Morgan fingerprint density at radius 2 is 1.95 bits per heavy atom. The van der Waals surface area contributed by atoms with Crippen molar-refractivity contribution in [2.45, 2.75) is 32.5 Å². The molecular formula is C15H23N3S. The molecule has 1 aromatic rings. The Kier molecular flexibility index (Phi) is 4.55. The van der Waals surface area contributed by atoms with Gasteiger partial charge in [0, 0.05) is 37.3 Å². The zero-order chi connectivity index (χ0) is 14.0. The monoisotopic (exact) mass is 277 g/mol. The van der Waals surface area contributed by atoms with Crippen molar-refractivity contribution in [3.05, 3.63) is 35.4 Å². The third-order valence-corrected chi connectivity index (χ3v) is 4.29. The fourth-order valence-electron chi connectivity index (χ4n) is 2.72. The molecule has 4 heteroatoms. The molecule has 0 aromatic heterocycles. The molecule has 1 heterocycles. The molecule has 1 aromatic carbocycles. The lowest BCUT2D eigenvalue weighted by Crippen LogP contribution is -2.54. The number of likely N-dealkylation sites (N-methyl/N-ethyl adjacent to an activating group) is 1. The van der Waals surface area contributed by atoms with Gasteiger partial charge in [0.2, 0.25) is 0 Å². The standard InChI is InChI=1S/C15H23N3S/c1-11-8-18(9-12(2)17(11)3)10-13-5-4-6-14(7-13)15(16)19/h4-7,11-12H,8-10H2,1-3H3,(H2,16,19). The second-order valence-corrected chi connectivity index (χ2v) is 6.06. The van der Waals surface area contributed by atoms with E-state index < -0.39 is 0 Å². The lowest BCUT2D eigenvalue weighted by atomic mass is 10.1. The van der Waals surface area contributed by atoms with Crippen LogP contribution in [-0.2, 0) is 6.54 Å². The molecule has 1 aliphatic heterocycles. The van der Waals surface area contributed by atoms with Crippen LogP contribution in [0.25, 0.3) is 0 Å². The molecule has 2 N–H and O–H groups in total. The molecule has 0 spiro atoms. The van der Waals surface area contributed by atoms with Gasteiger partial charge in [0.1, 0.15) is 4.99 Å². The lowest BCUT2D eigenvalue weighted by molar-refractivity contribution is 0.0556. The van der Waals surface area contributed by atoms with Crippen LogP contribution in [0.15, 0.2) is 24.3 Å². The van der Waals surface area contributed by atoms with Crippen molar-refractivity contribution < 1.29 is 0 Å². The van der Waals surface area contributed by atoms with Crippen LogP contribution in [0, 0.1) is 0 Å². The fraction of sp³-hybridized carbons (Fsp3) is 0.533. The zero-order valence-corrected chi connectivity index (χ0v) is 12.8. The quantitative estimate of drug-likeness (QED) is 0.855. The van der Waals surface area contributed by atoms with Crippen LogP contribution in [0.4, 0.5) is 0 Å². The summed E-state index contributed by atoms with van der Waals surface area (Å²) in [6.07, 6.45) is 0. The maximum Gasteiger partial charge on any atom is 0.103 e. The normalized spacial score (nSPS) is 25.4. The highest BCUT2D eigenvalue weighted by molar-refractivity contribution is 7.80. The van der Waals surface area contributed by atoms with E-state index in [4.69, 9.17) is 18.0 Å². The summed E-state index contributed by atoms with van der Waals surface area (Å²) in [6, 6.07) is 9.46. The van der Waals surface area contributed by atoms with Gasteiger partial charge in [-0.1, -0.05) is 30.4 Å². The molecule has 104 valence electrons. The van der Waals surface area contributed by atoms with E-state index in [0.717, 1.165) is 25.2 Å². The number of hydrogen-bond acceptors (Lipinski definition) is 3. The molecule has 2 unspecified atom stereocenters. The zero-order valence-electron chi connectivity index (χ0n) is 12.0. The topological polar surface area (TPSA) is 32.5 Å². The Balaban J connectivity index is 2.05. The summed E-state index contributed by atoms with van der Waals surface area (Å²) in [5.41, 5.74) is 7.94. The van der Waals surface area contributed by atoms with Gasteiger partial charge < -0.3 is 5.73 Å². The Labute approximate surface area is 121 Å². The van der Waals surface area contributed by atoms with Gasteiger partial charge in [0.05, 0.1) is 0 Å². The van der Waals surface area contributed by atoms with E-state index in [0.29, 0.717) is 17.1 Å². The first-order valence-corrected chi connectivity index (χ1v) is 7.21. The highest BCUT2D eigenvalue weighted by Crippen LogP contribution is 2.16. The molecule has 0 amide bonds. The van der Waals surface area contributed by atoms with Gasteiger partial charge in [-0.05, 0) is 32.5 Å². The predicted molar refractivity (Wildman–Crippen MR) is 84.3 cm³/mol. The Morgan fingerprint density at radius 1 is 1.32 bits per heavy atom. The largest absolute Gasteiger partial charge is 0.389 e. The van der Waals surface area contributed by atoms with Crippen molar-refractivity contribution in [1.82, 2.24) is 9.80 Å². The second-order valence-electron chi connectivity index (χ2n) is 5.62. The van der Waals surface area contributed by atoms with Crippen molar-refractivity contribution in [3.8, 4) is 0 Å². The van der Waals surface area contributed by atoms with Crippen molar-refractivity contribution in [2.75, 3.05) is 20.1 Å². The Bertz CT molecular complexity index is 448. The summed E-state index contributed by atoms with van der Waals surface area (Å²) >= 11 is 5.04. The summed E-state index contributed by atoms with van der Waals surface area (Å²) in [7, 11) is 2.21. The van der Waals surface area contributed by atoms with Crippen LogP contribution in [-0.4, -0.2) is 47.0 Å². The Morgan fingerprint density at radius 3 is 2.53 bits per heavy atom. The molecule has 1 fully saturated rings. The van der Waals surface area contributed by atoms with Crippen molar-refractivity contribution in [1.29, 1.82) is 0 Å². The molecule has 1 aliphatic rings. The number of piperazine rings is 1. The van der Waals surface area contributed by atoms with Gasteiger partial charge in [-0.2, -0.15) is 0 Å². The number of hydrogen-bond donors (Lipinski definition) is 1. The van der Waals surface area contributed by atoms with Crippen LogP contribution in [0.1, 0.15) is 25.0 Å². The molecule has 2 atom stereocenters. The first-order chi connectivity index (χ1) is 8.97. The minimum absolute atomic E-state index is 0.474. The molecule has 0 aliphatic carbocycles. The van der Waals surface area contributed by atoms with E-state index in [9.17, 15) is 0 Å². The van der Waals surface area contributed by atoms with Crippen LogP contribution in [0.3, 0.4) is 0 Å². The van der Waals surface area contributed by atoms with E-state index in [1.807, 2.05) is 12.1 Å². The summed E-state index contributed by atoms with van der Waals surface area (Å²) in [5, 5.41) is 0. The highest BCUT2D eigenvalue weighted by Gasteiger charge is 2.26. The average Bonchev–Trinajstić information content (AvgIpc) is 2.36. The van der Waals surface area contributed by atoms with E-state index in [1.165, 1.54) is 5.56 Å². The molecule has 0 saturated carbocycles. The van der Waals surface area contributed by atoms with Gasteiger partial charge in [-0.25, -0.2) is 0 Å². The van der Waals surface area contributed by atoms with Crippen molar-refractivity contribution in [3.63, 3.8) is 0 Å². The molecule has 0 radical (unpaired) electrons. The van der Waals surface area contributed by atoms with Crippen LogP contribution >= 0.6 is 12.2 Å². The summed E-state index contributed by atoms with van der Waals surface area (Å²) < 4.78 is 0. The molecule has 1 saturated heterocycles. The number of nitrogens with two attached hydrogens (primary N) is 1. The van der Waals surface area contributed by atoms with Gasteiger partial charge >= 0.3 is 0 Å². The first kappa shape index (κ1) is 14.4. The fourth-order valence-corrected chi connectivity index (χ4v) is 2.85. The van der Waals surface area contributed by atoms with Gasteiger partial charge in [0.15, 0.2) is 0 Å². The summed E-state index contributed by atoms with van der Waals surface area (Å²) in [5.74, 6) is 0. The lowest BCUT2D eigenvalue weighted by Gasteiger charge is -2.42. The van der Waals surface area contributed by atoms with E-state index in [2.05, 4.69) is 42.8 Å². The second kappa shape index (κ2) is 5.99. The number of nitrogens with zero attached hydrogens (tertiary/aromatic N) is 2. The van der Waals surface area contributed by atoms with Gasteiger partial charge in [-0.15, -0.1) is 0 Å². The van der Waals surface area contributed by atoms with Crippen molar-refractivity contribution >= 4 is 17.2 Å². The molecule has 3 nitrogen and oxygen atoms in total. The Hall–Kier alpha value is -0.970. The molecule has 0 bridgehead atoms. The third kappa shape index (κ3) is 3.53. The van der Waals surface area contributed by atoms with E-state index in [1.54, 1.807) is 0 Å². The van der Waals surface area contributed by atoms with Crippen LogP contribution in [0.2, 0.25) is 0 Å². The van der Waals surface area contributed by atoms with E-state index in [-0.39, 0.29) is 0 Å². The smallest absolute Gasteiger partial charge is 0.103 e. The summed E-state index contributed by atoms with van der Waals surface area (Å²) in [6.45, 7) is 7.76. The highest BCUT2D eigenvalue weighted by atomic mass is 32.1. The van der Waals surface area contributed by atoms with Gasteiger partial charge in [0.25, 0.3) is 0 Å². The molecular weight excluding hydrogens is 254 g/mol. The summed E-state index contributed by atoms with van der Waals surface area (Å²) in [4.78, 5) is 5.43. The maximum atomic E-state index is 5.69. The molecule has 19 heavy (non-hydrogen) atoms. The predicted octanol–water partition coefficient (Wildman–Crippen LogP) is 1.85. The number of benzene rings is 1. The molecule has 2 rings (SSSR count). The minimum atomic E-state index is 0.474. The SMILES string of the molecule is CC1CN(Cc2cccc(C(N)=S)c2)CC(C)N1C. The number of rotatable bonds is 3. The third-order valence-electron chi connectivity index (χ3n) is 4.05. The number of thiocarbonyl (C=S) groups is 1. The minimum Gasteiger partial charge on any atom is -0.389 e. The van der Waals surface area contributed by atoms with E-state index >= 15 is 0 Å². The van der Waals surface area contributed by atoms with Crippen molar-refractivity contribution in [2.24, 2.45) is 5.73 Å². The first-order valence-electron chi connectivity index (χ1n) is 6.80. The van der Waals surface area contributed by atoms with Gasteiger partial charge in [-0.3, -0.25) is 9.80 Å². The van der Waals surface area contributed by atoms with Crippen LogP contribution < -0.4 is 5.73 Å².